The van der Waals surface area contributed by atoms with Crippen molar-refractivity contribution in [2.75, 3.05) is 0 Å². The van der Waals surface area contributed by atoms with Crippen LogP contribution in [0.25, 0.3) is 0 Å². The summed E-state index contributed by atoms with van der Waals surface area (Å²) in [6.07, 6.45) is 5.85. The first kappa shape index (κ1) is 14.0. The van der Waals surface area contributed by atoms with Gasteiger partial charge in [-0.25, -0.2) is 4.98 Å². The molecular formula is C14H24N4O. The third-order valence-corrected chi connectivity index (χ3v) is 3.95. The van der Waals surface area contributed by atoms with Crippen LogP contribution in [0.3, 0.4) is 0 Å². The minimum atomic E-state index is -0.148. The summed E-state index contributed by atoms with van der Waals surface area (Å²) in [7, 11) is 0. The smallest absolute Gasteiger partial charge is 0.291 e. The molecule has 1 heterocycles. The van der Waals surface area contributed by atoms with Crippen molar-refractivity contribution < 1.29 is 4.79 Å². The zero-order chi connectivity index (χ0) is 13.8. The van der Waals surface area contributed by atoms with E-state index in [4.69, 9.17) is 0 Å². The number of aromatic amines is 1. The molecule has 19 heavy (non-hydrogen) atoms. The first-order valence-electron chi connectivity index (χ1n) is 7.33. The van der Waals surface area contributed by atoms with E-state index in [9.17, 15) is 4.79 Å². The van der Waals surface area contributed by atoms with Gasteiger partial charge in [-0.1, -0.05) is 40.0 Å². The van der Waals surface area contributed by atoms with Crippen LogP contribution in [0.4, 0.5) is 0 Å². The Morgan fingerprint density at radius 3 is 2.89 bits per heavy atom. The molecule has 0 radical (unpaired) electrons. The average Bonchev–Trinajstić information content (AvgIpc) is 2.89. The summed E-state index contributed by atoms with van der Waals surface area (Å²) in [4.78, 5) is 16.3. The number of H-pyrrole nitrogens is 1. The second-order valence-corrected chi connectivity index (χ2v) is 5.81. The molecule has 0 bridgehead atoms. The monoisotopic (exact) mass is 264 g/mol. The Balaban J connectivity index is 1.92. The second-order valence-electron chi connectivity index (χ2n) is 5.81. The number of aromatic nitrogens is 3. The summed E-state index contributed by atoms with van der Waals surface area (Å²) >= 11 is 0. The molecule has 5 nitrogen and oxygen atoms in total. The van der Waals surface area contributed by atoms with Gasteiger partial charge in [0.25, 0.3) is 5.91 Å². The van der Waals surface area contributed by atoms with Crippen molar-refractivity contribution in [3.8, 4) is 0 Å². The number of carbonyl (C=O) groups is 1. The van der Waals surface area contributed by atoms with E-state index >= 15 is 0 Å². The summed E-state index contributed by atoms with van der Waals surface area (Å²) < 4.78 is 0. The van der Waals surface area contributed by atoms with Crippen LogP contribution in [-0.2, 0) is 0 Å². The van der Waals surface area contributed by atoms with Gasteiger partial charge in [0.05, 0.1) is 0 Å². The largest absolute Gasteiger partial charge is 0.347 e. The zero-order valence-corrected chi connectivity index (χ0v) is 12.1. The molecule has 2 N–H and O–H groups in total. The van der Waals surface area contributed by atoms with Crippen LogP contribution in [-0.4, -0.2) is 27.1 Å². The van der Waals surface area contributed by atoms with Gasteiger partial charge >= 0.3 is 0 Å². The lowest BCUT2D eigenvalue weighted by atomic mass is 9.84. The molecule has 1 amide bonds. The van der Waals surface area contributed by atoms with Crippen molar-refractivity contribution >= 4 is 5.91 Å². The highest BCUT2D eigenvalue weighted by atomic mass is 16.2. The standard InChI is InChI=1S/C14H24N4O/c1-4-10-6-5-7-11(8-10)15-14(19)13-16-12(9(2)3)17-18-13/h9-11H,4-8H2,1-3H3,(H,15,19)(H,16,17,18). The number of hydrogen-bond donors (Lipinski definition) is 2. The van der Waals surface area contributed by atoms with Gasteiger partial charge in [-0.3, -0.25) is 9.89 Å². The van der Waals surface area contributed by atoms with Crippen molar-refractivity contribution in [2.24, 2.45) is 5.92 Å². The maximum Gasteiger partial charge on any atom is 0.291 e. The first-order chi connectivity index (χ1) is 9.10. The fourth-order valence-corrected chi connectivity index (χ4v) is 2.68. The topological polar surface area (TPSA) is 70.7 Å². The van der Waals surface area contributed by atoms with Crippen LogP contribution < -0.4 is 5.32 Å². The summed E-state index contributed by atoms with van der Waals surface area (Å²) in [5.41, 5.74) is 0. The van der Waals surface area contributed by atoms with E-state index in [1.165, 1.54) is 19.3 Å². The SMILES string of the molecule is CCC1CCCC(NC(=O)c2n[nH]c(C(C)C)n2)C1. The minimum Gasteiger partial charge on any atom is -0.347 e. The quantitative estimate of drug-likeness (QED) is 0.878. The van der Waals surface area contributed by atoms with Crippen LogP contribution in [0.1, 0.15) is 75.2 Å². The molecule has 1 aromatic heterocycles. The molecule has 0 saturated heterocycles. The molecule has 5 heteroatoms. The van der Waals surface area contributed by atoms with Gasteiger partial charge in [0, 0.05) is 12.0 Å². The Bertz CT molecular complexity index is 427. The molecule has 1 aliphatic rings. The first-order valence-corrected chi connectivity index (χ1v) is 7.33. The van der Waals surface area contributed by atoms with Crippen molar-refractivity contribution in [1.82, 2.24) is 20.5 Å². The highest BCUT2D eigenvalue weighted by Gasteiger charge is 2.24. The number of carbonyl (C=O) groups excluding carboxylic acids is 1. The van der Waals surface area contributed by atoms with E-state index < -0.39 is 0 Å². The van der Waals surface area contributed by atoms with Gasteiger partial charge in [0.15, 0.2) is 0 Å². The maximum absolute atomic E-state index is 12.1. The van der Waals surface area contributed by atoms with Crippen molar-refractivity contribution in [3.05, 3.63) is 11.6 Å². The van der Waals surface area contributed by atoms with Crippen molar-refractivity contribution in [2.45, 2.75) is 64.8 Å². The van der Waals surface area contributed by atoms with Gasteiger partial charge in [-0.2, -0.15) is 0 Å². The molecule has 2 rings (SSSR count). The third-order valence-electron chi connectivity index (χ3n) is 3.95. The number of hydrogen-bond acceptors (Lipinski definition) is 3. The molecule has 0 aromatic carbocycles. The van der Waals surface area contributed by atoms with Gasteiger partial charge in [-0.05, 0) is 18.8 Å². The van der Waals surface area contributed by atoms with E-state index in [0.29, 0.717) is 0 Å². The number of nitrogens with one attached hydrogen (secondary N) is 2. The third kappa shape index (κ3) is 3.55. The molecule has 0 spiro atoms. The molecule has 2 atom stereocenters. The highest BCUT2D eigenvalue weighted by Crippen LogP contribution is 2.26. The molecule has 2 unspecified atom stereocenters. The number of amides is 1. The summed E-state index contributed by atoms with van der Waals surface area (Å²) in [5, 5.41) is 9.88. The molecule has 1 aromatic rings. The zero-order valence-electron chi connectivity index (χ0n) is 12.1. The highest BCUT2D eigenvalue weighted by molar-refractivity contribution is 5.90. The van der Waals surface area contributed by atoms with Gasteiger partial charge in [0.2, 0.25) is 5.82 Å². The molecule has 0 aliphatic heterocycles. The molecular weight excluding hydrogens is 240 g/mol. The van der Waals surface area contributed by atoms with E-state index in [-0.39, 0.29) is 23.7 Å². The lowest BCUT2D eigenvalue weighted by Gasteiger charge is -2.28. The fourth-order valence-electron chi connectivity index (χ4n) is 2.68. The van der Waals surface area contributed by atoms with E-state index in [1.807, 2.05) is 13.8 Å². The maximum atomic E-state index is 12.1. The van der Waals surface area contributed by atoms with Crippen LogP contribution in [0.15, 0.2) is 0 Å². The molecule has 1 saturated carbocycles. The Morgan fingerprint density at radius 1 is 1.47 bits per heavy atom. The van der Waals surface area contributed by atoms with Crippen LogP contribution in [0.5, 0.6) is 0 Å². The Labute approximate surface area is 114 Å². The lowest BCUT2D eigenvalue weighted by Crippen LogP contribution is -2.38. The van der Waals surface area contributed by atoms with Crippen molar-refractivity contribution in [3.63, 3.8) is 0 Å². The van der Waals surface area contributed by atoms with E-state index in [1.54, 1.807) is 0 Å². The Morgan fingerprint density at radius 2 is 2.26 bits per heavy atom. The molecule has 106 valence electrons. The Hall–Kier alpha value is -1.39. The fraction of sp³-hybridized carbons (Fsp3) is 0.786. The molecule has 1 aliphatic carbocycles. The van der Waals surface area contributed by atoms with Crippen LogP contribution >= 0.6 is 0 Å². The lowest BCUT2D eigenvalue weighted by molar-refractivity contribution is 0.0909. The average molecular weight is 264 g/mol. The molecule has 1 fully saturated rings. The van der Waals surface area contributed by atoms with Gasteiger partial charge < -0.3 is 5.32 Å². The summed E-state index contributed by atoms with van der Waals surface area (Å²) in [6.45, 7) is 6.27. The number of nitrogens with zero attached hydrogens (tertiary/aromatic N) is 2. The van der Waals surface area contributed by atoms with Crippen molar-refractivity contribution in [1.29, 1.82) is 0 Å². The summed E-state index contributed by atoms with van der Waals surface area (Å²) in [5.74, 6) is 1.89. The minimum absolute atomic E-state index is 0.148. The van der Waals surface area contributed by atoms with Crippen LogP contribution in [0.2, 0.25) is 0 Å². The summed E-state index contributed by atoms with van der Waals surface area (Å²) in [6, 6.07) is 0.284. The predicted octanol–water partition coefficient (Wildman–Crippen LogP) is 2.63. The van der Waals surface area contributed by atoms with Gasteiger partial charge in [-0.15, -0.1) is 5.10 Å². The van der Waals surface area contributed by atoms with Gasteiger partial charge in [0.1, 0.15) is 5.82 Å². The predicted molar refractivity (Wildman–Crippen MR) is 74.0 cm³/mol. The van der Waals surface area contributed by atoms with Crippen LogP contribution in [0, 0.1) is 5.92 Å². The van der Waals surface area contributed by atoms with E-state index in [2.05, 4.69) is 27.4 Å². The second kappa shape index (κ2) is 6.17. The Kier molecular flexibility index (Phi) is 4.56. The van der Waals surface area contributed by atoms with E-state index in [0.717, 1.165) is 24.6 Å². The normalized spacial score (nSPS) is 23.6. The number of rotatable bonds is 4.